The Morgan fingerprint density at radius 1 is 1.17 bits per heavy atom. The fourth-order valence-corrected chi connectivity index (χ4v) is 3.47. The molecular formula is C22H31N3O4. The van der Waals surface area contributed by atoms with E-state index < -0.39 is 5.79 Å². The van der Waals surface area contributed by atoms with Crippen molar-refractivity contribution in [2.24, 2.45) is 5.92 Å². The van der Waals surface area contributed by atoms with Crippen molar-refractivity contribution < 1.29 is 18.8 Å². The average molecular weight is 402 g/mol. The van der Waals surface area contributed by atoms with Gasteiger partial charge in [0.15, 0.2) is 5.79 Å². The zero-order chi connectivity index (χ0) is 20.9. The monoisotopic (exact) mass is 401 g/mol. The van der Waals surface area contributed by atoms with Crippen molar-refractivity contribution in [1.82, 2.24) is 15.5 Å². The number of ether oxygens (including phenoxy) is 2. The second-order valence-corrected chi connectivity index (χ2v) is 8.23. The normalized spacial score (nSPS) is 16.9. The third-order valence-electron chi connectivity index (χ3n) is 5.13. The van der Waals surface area contributed by atoms with Gasteiger partial charge in [0.1, 0.15) is 0 Å². The minimum absolute atomic E-state index is 0.0312. The maximum absolute atomic E-state index is 12.2. The highest BCUT2D eigenvalue weighted by molar-refractivity contribution is 5.76. The van der Waals surface area contributed by atoms with Gasteiger partial charge in [0.25, 0.3) is 0 Å². The lowest BCUT2D eigenvalue weighted by Gasteiger charge is -2.26. The summed E-state index contributed by atoms with van der Waals surface area (Å²) in [5.74, 6) is 1.19. The highest BCUT2D eigenvalue weighted by Gasteiger charge is 2.32. The van der Waals surface area contributed by atoms with Gasteiger partial charge in [-0.2, -0.15) is 4.98 Å². The van der Waals surface area contributed by atoms with Gasteiger partial charge in [-0.25, -0.2) is 0 Å². The molecule has 7 nitrogen and oxygen atoms in total. The predicted molar refractivity (Wildman–Crippen MR) is 109 cm³/mol. The van der Waals surface area contributed by atoms with Crippen LogP contribution in [0.25, 0.3) is 11.4 Å². The second-order valence-electron chi connectivity index (χ2n) is 8.23. The summed E-state index contributed by atoms with van der Waals surface area (Å²) in [5, 5.41) is 6.99. The van der Waals surface area contributed by atoms with E-state index >= 15 is 0 Å². The zero-order valence-corrected chi connectivity index (χ0v) is 17.7. The number of carbonyl (C=O) groups excluding carboxylic acids is 1. The molecule has 1 aliphatic rings. The van der Waals surface area contributed by atoms with Crippen LogP contribution in [0.2, 0.25) is 0 Å². The molecule has 0 aliphatic carbocycles. The van der Waals surface area contributed by atoms with Gasteiger partial charge in [0.05, 0.1) is 13.2 Å². The van der Waals surface area contributed by atoms with E-state index in [0.29, 0.717) is 50.2 Å². The molecule has 1 unspecified atom stereocenters. The number of hydrogen-bond donors (Lipinski definition) is 1. The molecule has 7 heteroatoms. The van der Waals surface area contributed by atoms with Crippen molar-refractivity contribution >= 4 is 5.91 Å². The molecule has 29 heavy (non-hydrogen) atoms. The molecular weight excluding hydrogens is 370 g/mol. The van der Waals surface area contributed by atoms with Gasteiger partial charge in [-0.05, 0) is 24.3 Å². The van der Waals surface area contributed by atoms with E-state index in [1.165, 1.54) is 5.56 Å². The maximum Gasteiger partial charge on any atom is 0.227 e. The molecule has 0 spiro atoms. The molecule has 158 valence electrons. The molecule has 1 aliphatic heterocycles. The molecule has 0 radical (unpaired) electrons. The third kappa shape index (κ3) is 6.11. The van der Waals surface area contributed by atoms with E-state index in [2.05, 4.69) is 48.4 Å². The van der Waals surface area contributed by atoms with Gasteiger partial charge in [0.2, 0.25) is 17.6 Å². The molecule has 1 amide bonds. The molecule has 1 aromatic heterocycles. The summed E-state index contributed by atoms with van der Waals surface area (Å²) in [6.45, 7) is 10.2. The minimum atomic E-state index is -0.530. The first-order valence-corrected chi connectivity index (χ1v) is 10.3. The van der Waals surface area contributed by atoms with Gasteiger partial charge in [-0.3, -0.25) is 4.79 Å². The van der Waals surface area contributed by atoms with Crippen LogP contribution in [-0.2, 0) is 20.7 Å². The quantitative estimate of drug-likeness (QED) is 0.689. The molecule has 1 aromatic carbocycles. The maximum atomic E-state index is 12.2. The number of benzene rings is 1. The Balaban J connectivity index is 1.42. The Kier molecular flexibility index (Phi) is 7.03. The highest BCUT2D eigenvalue weighted by Crippen LogP contribution is 2.26. The van der Waals surface area contributed by atoms with E-state index in [9.17, 15) is 4.79 Å². The molecule has 1 N–H and O–H groups in total. The second kappa shape index (κ2) is 9.50. The van der Waals surface area contributed by atoms with Crippen molar-refractivity contribution in [3.05, 3.63) is 35.7 Å². The van der Waals surface area contributed by atoms with Crippen molar-refractivity contribution in [1.29, 1.82) is 0 Å². The van der Waals surface area contributed by atoms with Crippen molar-refractivity contribution in [3.8, 4) is 11.4 Å². The van der Waals surface area contributed by atoms with Gasteiger partial charge in [-0.1, -0.05) is 50.2 Å². The lowest BCUT2D eigenvalue weighted by molar-refractivity contribution is -0.154. The van der Waals surface area contributed by atoms with Crippen LogP contribution in [0.15, 0.2) is 28.8 Å². The first kappa shape index (κ1) is 21.5. The number of aryl methyl sites for hydroxylation is 1. The van der Waals surface area contributed by atoms with Crippen molar-refractivity contribution in [2.45, 2.75) is 58.7 Å². The number of nitrogens with zero attached hydrogens (tertiary/aromatic N) is 2. The summed E-state index contributed by atoms with van der Waals surface area (Å²) in [6, 6.07) is 8.14. The Bertz CT molecular complexity index is 795. The van der Waals surface area contributed by atoms with E-state index in [1.54, 1.807) is 0 Å². The first-order valence-electron chi connectivity index (χ1n) is 10.3. The molecule has 0 bridgehead atoms. The van der Waals surface area contributed by atoms with E-state index in [1.807, 2.05) is 19.1 Å². The van der Waals surface area contributed by atoms with Crippen LogP contribution in [0.3, 0.4) is 0 Å². The fraction of sp³-hybridized carbons (Fsp3) is 0.591. The SMILES string of the molecule is CC(CNC(=O)CCc1nc(-c2ccc(C(C)C)cc2)no1)CC1(C)OCCO1. The number of aromatic nitrogens is 2. The number of hydrogen-bond acceptors (Lipinski definition) is 6. The molecule has 3 rings (SSSR count). The number of carbonyl (C=O) groups is 1. The highest BCUT2D eigenvalue weighted by atomic mass is 16.7. The Morgan fingerprint density at radius 3 is 2.52 bits per heavy atom. The molecule has 1 fully saturated rings. The summed E-state index contributed by atoms with van der Waals surface area (Å²) in [6.07, 6.45) is 1.47. The van der Waals surface area contributed by atoms with Crippen LogP contribution < -0.4 is 5.32 Å². The molecule has 2 aromatic rings. The molecule has 2 heterocycles. The van der Waals surface area contributed by atoms with E-state index in [4.69, 9.17) is 14.0 Å². The largest absolute Gasteiger partial charge is 0.356 e. The number of rotatable bonds is 9. The minimum Gasteiger partial charge on any atom is -0.356 e. The summed E-state index contributed by atoms with van der Waals surface area (Å²) in [5.41, 5.74) is 2.18. The Hall–Kier alpha value is -2.25. The summed E-state index contributed by atoms with van der Waals surface area (Å²) >= 11 is 0. The number of nitrogens with one attached hydrogen (secondary N) is 1. The Labute approximate surface area is 172 Å². The zero-order valence-electron chi connectivity index (χ0n) is 17.7. The Morgan fingerprint density at radius 2 is 1.86 bits per heavy atom. The van der Waals surface area contributed by atoms with Crippen LogP contribution >= 0.6 is 0 Å². The summed E-state index contributed by atoms with van der Waals surface area (Å²) in [7, 11) is 0. The van der Waals surface area contributed by atoms with E-state index in [-0.39, 0.29) is 11.8 Å². The standard InChI is InChI=1S/C22H31N3O4/c1-15(2)17-5-7-18(8-6-17)21-24-20(29-25-21)10-9-19(26)23-14-16(3)13-22(4)27-11-12-28-22/h5-8,15-16H,9-14H2,1-4H3,(H,23,26). The predicted octanol–water partition coefficient (Wildman–Crippen LogP) is 3.70. The van der Waals surface area contributed by atoms with Gasteiger partial charge < -0.3 is 19.3 Å². The average Bonchev–Trinajstić information content (AvgIpc) is 3.34. The summed E-state index contributed by atoms with van der Waals surface area (Å²) < 4.78 is 16.5. The van der Waals surface area contributed by atoms with Gasteiger partial charge >= 0.3 is 0 Å². The smallest absolute Gasteiger partial charge is 0.227 e. The van der Waals surface area contributed by atoms with Gasteiger partial charge in [-0.15, -0.1) is 0 Å². The third-order valence-corrected chi connectivity index (χ3v) is 5.13. The van der Waals surface area contributed by atoms with Crippen molar-refractivity contribution in [3.63, 3.8) is 0 Å². The molecule has 0 saturated carbocycles. The van der Waals surface area contributed by atoms with Crippen LogP contribution in [0.1, 0.15) is 57.9 Å². The van der Waals surface area contributed by atoms with E-state index in [0.717, 1.165) is 12.0 Å². The van der Waals surface area contributed by atoms with Crippen LogP contribution in [0, 0.1) is 5.92 Å². The topological polar surface area (TPSA) is 86.5 Å². The first-order chi connectivity index (χ1) is 13.8. The fourth-order valence-electron chi connectivity index (χ4n) is 3.47. The van der Waals surface area contributed by atoms with Gasteiger partial charge in [0, 0.05) is 31.4 Å². The summed E-state index contributed by atoms with van der Waals surface area (Å²) in [4.78, 5) is 16.6. The van der Waals surface area contributed by atoms with Crippen LogP contribution in [0.4, 0.5) is 0 Å². The van der Waals surface area contributed by atoms with Crippen LogP contribution in [-0.4, -0.2) is 41.6 Å². The number of amides is 1. The van der Waals surface area contributed by atoms with Crippen LogP contribution in [0.5, 0.6) is 0 Å². The van der Waals surface area contributed by atoms with Crippen molar-refractivity contribution in [2.75, 3.05) is 19.8 Å². The lowest BCUT2D eigenvalue weighted by Crippen LogP contribution is -2.34. The molecule has 1 saturated heterocycles. The molecule has 1 atom stereocenters. The lowest BCUT2D eigenvalue weighted by atomic mass is 10.0.